The molecule has 102 valence electrons. The highest BCUT2D eigenvalue weighted by Crippen LogP contribution is 2.18. The largest absolute Gasteiger partial charge is 0.491 e. The molecule has 2 atom stereocenters. The summed E-state index contributed by atoms with van der Waals surface area (Å²) in [5, 5.41) is 12.3. The minimum absolute atomic E-state index is 0.0467. The molecule has 0 amide bonds. The number of aliphatic hydroxyl groups excluding tert-OH is 1. The predicted octanol–water partition coefficient (Wildman–Crippen LogP) is 2.58. The Hall–Kier alpha value is -1.06. The highest BCUT2D eigenvalue weighted by atomic mass is 16.5. The molecule has 0 saturated heterocycles. The molecule has 1 aromatic carbocycles. The molecule has 0 spiro atoms. The molecule has 0 fully saturated rings. The fourth-order valence-corrected chi connectivity index (χ4v) is 1.77. The highest BCUT2D eigenvalue weighted by Gasteiger charge is 2.10. The van der Waals surface area contributed by atoms with Gasteiger partial charge >= 0.3 is 0 Å². The summed E-state index contributed by atoms with van der Waals surface area (Å²) in [6.07, 6.45) is 1.18. The summed E-state index contributed by atoms with van der Waals surface area (Å²) < 4.78 is 5.52. The second kappa shape index (κ2) is 8.11. The Morgan fingerprint density at radius 2 is 2.00 bits per heavy atom. The average Bonchev–Trinajstić information content (AvgIpc) is 2.42. The zero-order valence-corrected chi connectivity index (χ0v) is 11.6. The van der Waals surface area contributed by atoms with E-state index in [0.29, 0.717) is 18.6 Å². The van der Waals surface area contributed by atoms with Crippen LogP contribution in [0.3, 0.4) is 0 Å². The van der Waals surface area contributed by atoms with Gasteiger partial charge in [0.25, 0.3) is 0 Å². The minimum atomic E-state index is 0.0467. The number of nitrogens with one attached hydrogen (secondary N) is 1. The van der Waals surface area contributed by atoms with Gasteiger partial charge in [-0.05, 0) is 18.9 Å². The van der Waals surface area contributed by atoms with Crippen molar-refractivity contribution in [2.45, 2.75) is 39.8 Å². The van der Waals surface area contributed by atoms with Gasteiger partial charge in [-0.25, -0.2) is 0 Å². The third kappa shape index (κ3) is 4.67. The fraction of sp³-hybridized carbons (Fsp3) is 0.600. The van der Waals surface area contributed by atoms with Crippen molar-refractivity contribution < 1.29 is 9.84 Å². The van der Waals surface area contributed by atoms with E-state index in [1.165, 1.54) is 6.42 Å². The summed E-state index contributed by atoms with van der Waals surface area (Å²) in [6.45, 7) is 7.87. The number of ether oxygens (including phenoxy) is 1. The van der Waals surface area contributed by atoms with Crippen LogP contribution in [0.5, 0.6) is 5.75 Å². The molecule has 0 aliphatic carbocycles. The van der Waals surface area contributed by atoms with Crippen LogP contribution in [0.4, 0.5) is 0 Å². The van der Waals surface area contributed by atoms with Crippen LogP contribution in [0.25, 0.3) is 0 Å². The van der Waals surface area contributed by atoms with E-state index >= 15 is 0 Å². The molecular weight excluding hydrogens is 226 g/mol. The second-order valence-electron chi connectivity index (χ2n) is 4.73. The van der Waals surface area contributed by atoms with E-state index in [0.717, 1.165) is 17.9 Å². The number of hydrogen-bond acceptors (Lipinski definition) is 3. The van der Waals surface area contributed by atoms with Gasteiger partial charge in [0, 0.05) is 18.2 Å². The van der Waals surface area contributed by atoms with Crippen molar-refractivity contribution in [3.05, 3.63) is 29.8 Å². The first kappa shape index (κ1) is 15.0. The van der Waals surface area contributed by atoms with Crippen molar-refractivity contribution in [2.24, 2.45) is 5.92 Å². The topological polar surface area (TPSA) is 41.5 Å². The Morgan fingerprint density at radius 1 is 1.28 bits per heavy atom. The van der Waals surface area contributed by atoms with Crippen molar-refractivity contribution >= 4 is 0 Å². The van der Waals surface area contributed by atoms with Crippen molar-refractivity contribution in [1.82, 2.24) is 5.32 Å². The van der Waals surface area contributed by atoms with Crippen LogP contribution in [0.1, 0.15) is 32.8 Å². The van der Waals surface area contributed by atoms with Gasteiger partial charge in [-0.3, -0.25) is 0 Å². The lowest BCUT2D eigenvalue weighted by Gasteiger charge is -2.20. The molecule has 3 heteroatoms. The molecule has 0 radical (unpaired) electrons. The summed E-state index contributed by atoms with van der Waals surface area (Å²) in [4.78, 5) is 0. The van der Waals surface area contributed by atoms with Crippen LogP contribution in [-0.2, 0) is 6.54 Å². The normalized spacial score (nSPS) is 14.2. The van der Waals surface area contributed by atoms with Gasteiger partial charge in [-0.15, -0.1) is 0 Å². The van der Waals surface area contributed by atoms with Crippen LogP contribution in [0.2, 0.25) is 0 Å². The summed E-state index contributed by atoms with van der Waals surface area (Å²) in [7, 11) is 0. The van der Waals surface area contributed by atoms with Gasteiger partial charge in [0.2, 0.25) is 0 Å². The molecule has 0 aromatic heterocycles. The standard InChI is InChI=1S/C15H25NO2/c1-4-12(2)13(3)16-11-14-7-5-6-8-15(14)18-10-9-17/h5-8,12-13,16-17H,4,9-11H2,1-3H3. The van der Waals surface area contributed by atoms with Crippen molar-refractivity contribution in [2.75, 3.05) is 13.2 Å². The van der Waals surface area contributed by atoms with Crippen LogP contribution < -0.4 is 10.1 Å². The van der Waals surface area contributed by atoms with Crippen LogP contribution in [0.15, 0.2) is 24.3 Å². The Morgan fingerprint density at radius 3 is 2.67 bits per heavy atom. The van der Waals surface area contributed by atoms with E-state index in [1.54, 1.807) is 0 Å². The molecule has 0 aliphatic rings. The third-order valence-electron chi connectivity index (χ3n) is 3.43. The Bertz CT molecular complexity index is 341. The summed E-state index contributed by atoms with van der Waals surface area (Å²) >= 11 is 0. The summed E-state index contributed by atoms with van der Waals surface area (Å²) in [5.74, 6) is 1.52. The van der Waals surface area contributed by atoms with Gasteiger partial charge in [-0.1, -0.05) is 38.5 Å². The lowest BCUT2D eigenvalue weighted by atomic mass is 10.0. The maximum Gasteiger partial charge on any atom is 0.123 e. The van der Waals surface area contributed by atoms with E-state index < -0.39 is 0 Å². The Balaban J connectivity index is 2.55. The molecule has 0 heterocycles. The molecule has 18 heavy (non-hydrogen) atoms. The van der Waals surface area contributed by atoms with E-state index in [1.807, 2.05) is 18.2 Å². The van der Waals surface area contributed by atoms with Gasteiger partial charge < -0.3 is 15.2 Å². The Kier molecular flexibility index (Phi) is 6.76. The number of hydrogen-bond donors (Lipinski definition) is 2. The summed E-state index contributed by atoms with van der Waals surface area (Å²) in [5.41, 5.74) is 1.14. The highest BCUT2D eigenvalue weighted by molar-refractivity contribution is 5.33. The lowest BCUT2D eigenvalue weighted by molar-refractivity contribution is 0.200. The maximum absolute atomic E-state index is 8.80. The number of rotatable bonds is 8. The number of aliphatic hydroxyl groups is 1. The molecule has 0 bridgehead atoms. The zero-order valence-electron chi connectivity index (χ0n) is 11.6. The quantitative estimate of drug-likeness (QED) is 0.746. The van der Waals surface area contributed by atoms with E-state index in [-0.39, 0.29) is 6.61 Å². The first-order valence-corrected chi connectivity index (χ1v) is 6.74. The molecule has 2 N–H and O–H groups in total. The summed E-state index contributed by atoms with van der Waals surface area (Å²) in [6, 6.07) is 8.45. The first-order chi connectivity index (χ1) is 8.69. The van der Waals surface area contributed by atoms with Gasteiger partial charge in [0.1, 0.15) is 12.4 Å². The Labute approximate surface area is 110 Å². The van der Waals surface area contributed by atoms with E-state index in [4.69, 9.17) is 9.84 Å². The number of para-hydroxylation sites is 1. The SMILES string of the molecule is CCC(C)C(C)NCc1ccccc1OCCO. The van der Waals surface area contributed by atoms with Gasteiger partial charge in [-0.2, -0.15) is 0 Å². The molecule has 0 aliphatic heterocycles. The minimum Gasteiger partial charge on any atom is -0.491 e. The van der Waals surface area contributed by atoms with E-state index in [9.17, 15) is 0 Å². The molecule has 1 aromatic rings. The van der Waals surface area contributed by atoms with Crippen LogP contribution in [-0.4, -0.2) is 24.4 Å². The maximum atomic E-state index is 8.80. The lowest BCUT2D eigenvalue weighted by Crippen LogP contribution is -2.31. The monoisotopic (exact) mass is 251 g/mol. The van der Waals surface area contributed by atoms with Crippen LogP contribution >= 0.6 is 0 Å². The predicted molar refractivity (Wildman–Crippen MR) is 74.8 cm³/mol. The first-order valence-electron chi connectivity index (χ1n) is 6.74. The van der Waals surface area contributed by atoms with Crippen LogP contribution in [0, 0.1) is 5.92 Å². The number of benzene rings is 1. The van der Waals surface area contributed by atoms with Gasteiger partial charge in [0.15, 0.2) is 0 Å². The fourth-order valence-electron chi connectivity index (χ4n) is 1.77. The molecule has 3 nitrogen and oxygen atoms in total. The van der Waals surface area contributed by atoms with E-state index in [2.05, 4.69) is 32.2 Å². The van der Waals surface area contributed by atoms with Crippen molar-refractivity contribution in [1.29, 1.82) is 0 Å². The molecule has 2 unspecified atom stereocenters. The van der Waals surface area contributed by atoms with Crippen molar-refractivity contribution in [3.63, 3.8) is 0 Å². The zero-order chi connectivity index (χ0) is 13.4. The van der Waals surface area contributed by atoms with Gasteiger partial charge in [0.05, 0.1) is 6.61 Å². The smallest absolute Gasteiger partial charge is 0.123 e. The average molecular weight is 251 g/mol. The van der Waals surface area contributed by atoms with Crippen molar-refractivity contribution in [3.8, 4) is 5.75 Å². The molecule has 0 saturated carbocycles. The molecular formula is C15H25NO2. The second-order valence-corrected chi connectivity index (χ2v) is 4.73. The molecule has 1 rings (SSSR count). The third-order valence-corrected chi connectivity index (χ3v) is 3.43.